The third-order valence-electron chi connectivity index (χ3n) is 2.84. The fourth-order valence-electron chi connectivity index (χ4n) is 1.68. The first-order valence-electron chi connectivity index (χ1n) is 6.85. The van der Waals surface area contributed by atoms with E-state index in [9.17, 15) is 9.59 Å². The number of amides is 2. The Morgan fingerprint density at radius 1 is 1.14 bits per heavy atom. The van der Waals surface area contributed by atoms with Crippen LogP contribution in [0.4, 0.5) is 5.69 Å². The van der Waals surface area contributed by atoms with E-state index >= 15 is 0 Å². The van der Waals surface area contributed by atoms with Gasteiger partial charge in [-0.15, -0.1) is 0 Å². The van der Waals surface area contributed by atoms with Crippen LogP contribution in [0.15, 0.2) is 52.2 Å². The molecule has 1 aromatic carbocycles. The number of carbonyl (C=O) groups is 2. The average Bonchev–Trinajstić information content (AvgIpc) is 3.01. The number of hydrogen-bond donors (Lipinski definition) is 2. The second-order valence-corrected chi connectivity index (χ2v) is 4.72. The molecule has 6 heteroatoms. The maximum atomic E-state index is 11.7. The number of hydrogen-bond acceptors (Lipinski definition) is 4. The summed E-state index contributed by atoms with van der Waals surface area (Å²) in [6, 6.07) is 10.9. The summed E-state index contributed by atoms with van der Waals surface area (Å²) >= 11 is 0. The molecule has 114 valence electrons. The molecule has 0 fully saturated rings. The summed E-state index contributed by atoms with van der Waals surface area (Å²) < 4.78 is 5.02. The van der Waals surface area contributed by atoms with Crippen LogP contribution in [0.5, 0.6) is 0 Å². The van der Waals surface area contributed by atoms with Crippen LogP contribution >= 0.6 is 0 Å². The smallest absolute Gasteiger partial charge is 0.240 e. The number of nitrogens with one attached hydrogen (secondary N) is 2. The zero-order valence-electron chi connectivity index (χ0n) is 12.2. The predicted octanol–water partition coefficient (Wildman–Crippen LogP) is 2.46. The SMILES string of the molecule is Cc1ccc(NC(=O)CCC(=O)N/N=C/c2ccco2)cc1. The van der Waals surface area contributed by atoms with Gasteiger partial charge >= 0.3 is 0 Å². The second kappa shape index (κ2) is 7.78. The summed E-state index contributed by atoms with van der Waals surface area (Å²) in [5.41, 5.74) is 4.17. The zero-order chi connectivity index (χ0) is 15.8. The molecule has 0 aliphatic heterocycles. The van der Waals surface area contributed by atoms with Crippen LogP contribution in [-0.2, 0) is 9.59 Å². The van der Waals surface area contributed by atoms with E-state index in [-0.39, 0.29) is 24.7 Å². The maximum absolute atomic E-state index is 11.7. The van der Waals surface area contributed by atoms with Crippen LogP contribution in [0.1, 0.15) is 24.2 Å². The molecule has 0 bridgehead atoms. The second-order valence-electron chi connectivity index (χ2n) is 4.72. The van der Waals surface area contributed by atoms with Crippen molar-refractivity contribution in [1.29, 1.82) is 0 Å². The third kappa shape index (κ3) is 5.24. The Hall–Kier alpha value is -2.89. The van der Waals surface area contributed by atoms with E-state index < -0.39 is 0 Å². The van der Waals surface area contributed by atoms with Crippen molar-refractivity contribution in [2.75, 3.05) is 5.32 Å². The molecule has 2 rings (SSSR count). The van der Waals surface area contributed by atoms with Crippen molar-refractivity contribution in [2.45, 2.75) is 19.8 Å². The van der Waals surface area contributed by atoms with Crippen molar-refractivity contribution in [3.8, 4) is 0 Å². The average molecular weight is 299 g/mol. The monoisotopic (exact) mass is 299 g/mol. The Balaban J connectivity index is 1.69. The molecule has 1 heterocycles. The number of rotatable bonds is 6. The van der Waals surface area contributed by atoms with Crippen LogP contribution in [0.25, 0.3) is 0 Å². The molecule has 0 unspecified atom stereocenters. The van der Waals surface area contributed by atoms with Gasteiger partial charge in [-0.1, -0.05) is 17.7 Å². The topological polar surface area (TPSA) is 83.7 Å². The molecule has 0 aliphatic carbocycles. The fourth-order valence-corrected chi connectivity index (χ4v) is 1.68. The summed E-state index contributed by atoms with van der Waals surface area (Å²) in [5, 5.41) is 6.47. The Morgan fingerprint density at radius 2 is 1.86 bits per heavy atom. The highest BCUT2D eigenvalue weighted by atomic mass is 16.3. The normalized spacial score (nSPS) is 10.6. The molecular weight excluding hydrogens is 282 g/mol. The Kier molecular flexibility index (Phi) is 5.48. The number of carbonyl (C=O) groups excluding carboxylic acids is 2. The van der Waals surface area contributed by atoms with E-state index in [2.05, 4.69) is 15.8 Å². The fraction of sp³-hybridized carbons (Fsp3) is 0.188. The van der Waals surface area contributed by atoms with Crippen LogP contribution in [0.2, 0.25) is 0 Å². The number of furan rings is 1. The van der Waals surface area contributed by atoms with Gasteiger partial charge in [0, 0.05) is 18.5 Å². The van der Waals surface area contributed by atoms with E-state index in [4.69, 9.17) is 4.42 Å². The molecule has 2 amide bonds. The predicted molar refractivity (Wildman–Crippen MR) is 83.5 cm³/mol. The van der Waals surface area contributed by atoms with Gasteiger partial charge in [-0.3, -0.25) is 9.59 Å². The first-order valence-corrected chi connectivity index (χ1v) is 6.85. The van der Waals surface area contributed by atoms with Crippen LogP contribution in [0.3, 0.4) is 0 Å². The van der Waals surface area contributed by atoms with Gasteiger partial charge in [0.1, 0.15) is 5.76 Å². The first-order chi connectivity index (χ1) is 10.6. The number of hydrazone groups is 1. The highest BCUT2D eigenvalue weighted by Gasteiger charge is 2.06. The number of aryl methyl sites for hydroxylation is 1. The lowest BCUT2D eigenvalue weighted by Crippen LogP contribution is -2.20. The maximum Gasteiger partial charge on any atom is 0.240 e. The Labute approximate surface area is 128 Å². The molecule has 0 spiro atoms. The van der Waals surface area contributed by atoms with Crippen molar-refractivity contribution >= 4 is 23.7 Å². The highest BCUT2D eigenvalue weighted by molar-refractivity contribution is 5.93. The van der Waals surface area contributed by atoms with Crippen molar-refractivity contribution in [1.82, 2.24) is 5.43 Å². The number of benzene rings is 1. The third-order valence-corrected chi connectivity index (χ3v) is 2.84. The van der Waals surface area contributed by atoms with E-state index in [1.54, 1.807) is 12.1 Å². The summed E-state index contributed by atoms with van der Waals surface area (Å²) in [6.07, 6.45) is 3.06. The van der Waals surface area contributed by atoms with Gasteiger partial charge in [0.2, 0.25) is 11.8 Å². The standard InChI is InChI=1S/C16H17N3O3/c1-12-4-6-13(7-5-12)18-15(20)8-9-16(21)19-17-11-14-3-2-10-22-14/h2-7,10-11H,8-9H2,1H3,(H,18,20)(H,19,21)/b17-11+. The molecule has 2 aromatic rings. The largest absolute Gasteiger partial charge is 0.463 e. The van der Waals surface area contributed by atoms with Crippen molar-refractivity contribution in [3.05, 3.63) is 54.0 Å². The van der Waals surface area contributed by atoms with Crippen LogP contribution < -0.4 is 10.7 Å². The molecule has 22 heavy (non-hydrogen) atoms. The van der Waals surface area contributed by atoms with E-state index in [0.29, 0.717) is 11.4 Å². The van der Waals surface area contributed by atoms with Gasteiger partial charge in [0.25, 0.3) is 0 Å². The minimum atomic E-state index is -0.332. The molecule has 0 saturated heterocycles. The minimum absolute atomic E-state index is 0.0627. The number of anilines is 1. The van der Waals surface area contributed by atoms with Crippen LogP contribution in [0, 0.1) is 6.92 Å². The lowest BCUT2D eigenvalue weighted by Gasteiger charge is -2.05. The molecular formula is C16H17N3O3. The van der Waals surface area contributed by atoms with Gasteiger partial charge < -0.3 is 9.73 Å². The molecule has 0 radical (unpaired) electrons. The van der Waals surface area contributed by atoms with Gasteiger partial charge in [-0.05, 0) is 31.2 Å². The number of nitrogens with zero attached hydrogens (tertiary/aromatic N) is 1. The Morgan fingerprint density at radius 3 is 2.55 bits per heavy atom. The summed E-state index contributed by atoms with van der Waals surface area (Å²) in [6.45, 7) is 1.97. The van der Waals surface area contributed by atoms with Crippen LogP contribution in [-0.4, -0.2) is 18.0 Å². The Bertz CT molecular complexity index is 646. The van der Waals surface area contributed by atoms with Gasteiger partial charge in [0.15, 0.2) is 0 Å². The molecule has 0 aliphatic rings. The van der Waals surface area contributed by atoms with Crippen molar-refractivity contribution in [2.24, 2.45) is 5.10 Å². The van der Waals surface area contributed by atoms with E-state index in [1.165, 1.54) is 12.5 Å². The molecule has 2 N–H and O–H groups in total. The molecule has 1 aromatic heterocycles. The quantitative estimate of drug-likeness (QED) is 0.635. The zero-order valence-corrected chi connectivity index (χ0v) is 12.2. The van der Waals surface area contributed by atoms with Gasteiger partial charge in [0.05, 0.1) is 12.5 Å². The van der Waals surface area contributed by atoms with Crippen molar-refractivity contribution in [3.63, 3.8) is 0 Å². The first kappa shape index (κ1) is 15.5. The van der Waals surface area contributed by atoms with Gasteiger partial charge in [-0.2, -0.15) is 5.10 Å². The summed E-state index contributed by atoms with van der Waals surface area (Å²) in [7, 11) is 0. The lowest BCUT2D eigenvalue weighted by molar-refractivity contribution is -0.124. The summed E-state index contributed by atoms with van der Waals surface area (Å²) in [5.74, 6) is -0.00621. The minimum Gasteiger partial charge on any atom is -0.463 e. The lowest BCUT2D eigenvalue weighted by atomic mass is 10.2. The van der Waals surface area contributed by atoms with Crippen molar-refractivity contribution < 1.29 is 14.0 Å². The molecule has 0 atom stereocenters. The van der Waals surface area contributed by atoms with Gasteiger partial charge in [-0.25, -0.2) is 5.43 Å². The molecule has 0 saturated carbocycles. The van der Waals surface area contributed by atoms with E-state index in [0.717, 1.165) is 5.56 Å². The van der Waals surface area contributed by atoms with E-state index in [1.807, 2.05) is 31.2 Å². The summed E-state index contributed by atoms with van der Waals surface area (Å²) in [4.78, 5) is 23.3. The molecule has 6 nitrogen and oxygen atoms in total. The highest BCUT2D eigenvalue weighted by Crippen LogP contribution is 2.09.